The van der Waals surface area contributed by atoms with Crippen LogP contribution in [0.2, 0.25) is 0 Å². The van der Waals surface area contributed by atoms with E-state index in [2.05, 4.69) is 41.4 Å². The van der Waals surface area contributed by atoms with Gasteiger partial charge >= 0.3 is 0 Å². The summed E-state index contributed by atoms with van der Waals surface area (Å²) in [6.45, 7) is 5.18. The van der Waals surface area contributed by atoms with Crippen LogP contribution in [0, 0.1) is 0 Å². The van der Waals surface area contributed by atoms with Crippen LogP contribution in [0.4, 0.5) is 0 Å². The van der Waals surface area contributed by atoms with Crippen molar-refractivity contribution in [3.8, 4) is 0 Å². The van der Waals surface area contributed by atoms with Crippen LogP contribution in [0.15, 0.2) is 11.1 Å². The predicted molar refractivity (Wildman–Crippen MR) is 60.0 cm³/mol. The van der Waals surface area contributed by atoms with Gasteiger partial charge in [0.25, 0.3) is 0 Å². The molecule has 1 unspecified atom stereocenters. The Morgan fingerprint density at radius 1 is 1.69 bits per heavy atom. The zero-order valence-electron chi connectivity index (χ0n) is 8.00. The van der Waals surface area contributed by atoms with Crippen molar-refractivity contribution in [1.82, 2.24) is 15.1 Å². The van der Waals surface area contributed by atoms with Gasteiger partial charge in [-0.1, -0.05) is 11.8 Å². The van der Waals surface area contributed by atoms with Gasteiger partial charge < -0.3 is 10.2 Å². The van der Waals surface area contributed by atoms with Crippen molar-refractivity contribution in [2.24, 2.45) is 0 Å². The van der Waals surface area contributed by atoms with Gasteiger partial charge in [0, 0.05) is 19.3 Å². The molecular formula is C8H13N3S2. The van der Waals surface area contributed by atoms with Gasteiger partial charge in [-0.05, 0) is 31.5 Å². The molecule has 2 heterocycles. The number of thioether (sulfide) groups is 1. The molecule has 1 N–H and O–H groups in total. The fourth-order valence-electron chi connectivity index (χ4n) is 1.64. The van der Waals surface area contributed by atoms with Crippen LogP contribution < -0.4 is 5.32 Å². The lowest BCUT2D eigenvalue weighted by Crippen LogP contribution is -2.78. The molecule has 1 atom stereocenters. The van der Waals surface area contributed by atoms with Crippen LogP contribution in [0.3, 0.4) is 0 Å². The Labute approximate surface area is 88.1 Å². The molecule has 2 aliphatic rings. The Morgan fingerprint density at radius 2 is 2.38 bits per heavy atom. The molecular weight excluding hydrogens is 202 g/mol. The third-order valence-electron chi connectivity index (χ3n) is 2.57. The molecule has 1 fully saturated rings. The van der Waals surface area contributed by atoms with Gasteiger partial charge in [-0.3, -0.25) is 4.90 Å². The van der Waals surface area contributed by atoms with Gasteiger partial charge in [-0.2, -0.15) is 0 Å². The zero-order valence-corrected chi connectivity index (χ0v) is 9.63. The Kier molecular flexibility index (Phi) is 1.96. The van der Waals surface area contributed by atoms with Crippen molar-refractivity contribution in [2.45, 2.75) is 19.0 Å². The highest BCUT2D eigenvalue weighted by molar-refractivity contribution is 8.03. The van der Waals surface area contributed by atoms with E-state index in [1.54, 1.807) is 11.8 Å². The highest BCUT2D eigenvalue weighted by Crippen LogP contribution is 2.44. The molecule has 1 saturated heterocycles. The second-order valence-corrected chi connectivity index (χ2v) is 4.65. The van der Waals surface area contributed by atoms with Crippen LogP contribution >= 0.6 is 24.0 Å². The van der Waals surface area contributed by atoms with Crippen LogP contribution in [-0.2, 0) is 0 Å². The van der Waals surface area contributed by atoms with E-state index in [1.807, 2.05) is 0 Å². The number of thiocarbonyl (C=S) groups is 1. The van der Waals surface area contributed by atoms with E-state index in [1.165, 1.54) is 5.70 Å². The standard InChI is InChI=1S/C8H13N3S2/c1-4-11-7(12)9-8(11)10(3)6(2)5-13-8/h5H,4H2,1-3H3,(H,9,12). The van der Waals surface area contributed by atoms with Crippen molar-refractivity contribution < 1.29 is 0 Å². The number of allylic oxidation sites excluding steroid dienone is 1. The van der Waals surface area contributed by atoms with E-state index in [0.717, 1.165) is 11.7 Å². The Hall–Kier alpha value is -0.420. The monoisotopic (exact) mass is 215 g/mol. The summed E-state index contributed by atoms with van der Waals surface area (Å²) in [6, 6.07) is 0. The van der Waals surface area contributed by atoms with Gasteiger partial charge in [0.2, 0.25) is 5.12 Å². The van der Waals surface area contributed by atoms with E-state index in [-0.39, 0.29) is 5.12 Å². The van der Waals surface area contributed by atoms with E-state index < -0.39 is 0 Å². The van der Waals surface area contributed by atoms with E-state index >= 15 is 0 Å². The first-order valence-electron chi connectivity index (χ1n) is 4.30. The number of nitrogens with one attached hydrogen (secondary N) is 1. The third kappa shape index (κ3) is 1.00. The maximum absolute atomic E-state index is 5.16. The second kappa shape index (κ2) is 2.78. The summed E-state index contributed by atoms with van der Waals surface area (Å²) >= 11 is 6.93. The third-order valence-corrected chi connectivity index (χ3v) is 4.28. The lowest BCUT2D eigenvalue weighted by atomic mass is 10.4. The van der Waals surface area contributed by atoms with Gasteiger partial charge in [0.15, 0.2) is 5.11 Å². The minimum atomic E-state index is -0.115. The van der Waals surface area contributed by atoms with Crippen LogP contribution in [0.25, 0.3) is 0 Å². The molecule has 0 amide bonds. The zero-order chi connectivity index (χ0) is 9.64. The van der Waals surface area contributed by atoms with Crippen molar-refractivity contribution in [3.63, 3.8) is 0 Å². The topological polar surface area (TPSA) is 18.5 Å². The number of rotatable bonds is 1. The first kappa shape index (κ1) is 9.15. The summed E-state index contributed by atoms with van der Waals surface area (Å²) < 4.78 is 0. The van der Waals surface area contributed by atoms with E-state index in [4.69, 9.17) is 12.2 Å². The minimum Gasteiger partial charge on any atom is -0.329 e. The summed E-state index contributed by atoms with van der Waals surface area (Å²) in [5.74, 6) is 0. The predicted octanol–water partition coefficient (Wildman–Crippen LogP) is 1.35. The number of nitrogens with zero attached hydrogens (tertiary/aromatic N) is 2. The summed E-state index contributed by atoms with van der Waals surface area (Å²) in [6.07, 6.45) is 0. The molecule has 2 aliphatic heterocycles. The molecule has 0 aromatic heterocycles. The lowest BCUT2D eigenvalue weighted by Gasteiger charge is -2.55. The first-order chi connectivity index (χ1) is 6.12. The fraction of sp³-hybridized carbons (Fsp3) is 0.625. The summed E-state index contributed by atoms with van der Waals surface area (Å²) in [5, 5.41) is 6.19. The molecule has 0 aliphatic carbocycles. The fourth-order valence-corrected chi connectivity index (χ4v) is 3.46. The second-order valence-electron chi connectivity index (χ2n) is 3.22. The quantitative estimate of drug-likeness (QED) is 0.664. The van der Waals surface area contributed by atoms with Gasteiger partial charge in [0.05, 0.1) is 0 Å². The molecule has 3 nitrogen and oxygen atoms in total. The first-order valence-corrected chi connectivity index (χ1v) is 5.59. The Balaban J connectivity index is 2.21. The summed E-state index contributed by atoms with van der Waals surface area (Å²) in [4.78, 5) is 4.41. The highest BCUT2D eigenvalue weighted by Gasteiger charge is 2.53. The maximum atomic E-state index is 5.16. The van der Waals surface area contributed by atoms with Crippen molar-refractivity contribution in [1.29, 1.82) is 0 Å². The SMILES string of the molecule is CCN1C(=S)NC12SC=C(C)N2C. The molecule has 2 rings (SSSR count). The maximum Gasteiger partial charge on any atom is 0.248 e. The molecule has 5 heteroatoms. The molecule has 0 bridgehead atoms. The Bertz CT molecular complexity index is 289. The summed E-state index contributed by atoms with van der Waals surface area (Å²) in [7, 11) is 2.09. The molecule has 0 radical (unpaired) electrons. The average Bonchev–Trinajstić information content (AvgIpc) is 2.35. The van der Waals surface area contributed by atoms with Crippen LogP contribution in [0.1, 0.15) is 13.8 Å². The summed E-state index contributed by atoms with van der Waals surface area (Å²) in [5.41, 5.74) is 1.28. The number of hydrogen-bond acceptors (Lipinski definition) is 3. The smallest absolute Gasteiger partial charge is 0.248 e. The van der Waals surface area contributed by atoms with Gasteiger partial charge in [-0.15, -0.1) is 0 Å². The number of hydrogen-bond donors (Lipinski definition) is 1. The lowest BCUT2D eigenvalue weighted by molar-refractivity contribution is 0.0574. The van der Waals surface area contributed by atoms with E-state index in [0.29, 0.717) is 0 Å². The molecule has 72 valence electrons. The normalized spacial score (nSPS) is 31.9. The minimum absolute atomic E-state index is 0.115. The van der Waals surface area contributed by atoms with Crippen molar-refractivity contribution in [3.05, 3.63) is 11.1 Å². The van der Waals surface area contributed by atoms with Crippen molar-refractivity contribution in [2.75, 3.05) is 13.6 Å². The molecule has 13 heavy (non-hydrogen) atoms. The Morgan fingerprint density at radius 3 is 2.77 bits per heavy atom. The van der Waals surface area contributed by atoms with Crippen LogP contribution in [0.5, 0.6) is 0 Å². The van der Waals surface area contributed by atoms with Crippen molar-refractivity contribution >= 4 is 29.1 Å². The highest BCUT2D eigenvalue weighted by atomic mass is 32.2. The van der Waals surface area contributed by atoms with E-state index in [9.17, 15) is 0 Å². The molecule has 0 saturated carbocycles. The average molecular weight is 215 g/mol. The largest absolute Gasteiger partial charge is 0.329 e. The molecule has 0 aromatic rings. The molecule has 0 aromatic carbocycles. The van der Waals surface area contributed by atoms with Gasteiger partial charge in [-0.25, -0.2) is 0 Å². The molecule has 1 spiro atoms. The van der Waals surface area contributed by atoms with Crippen LogP contribution in [-0.4, -0.2) is 33.6 Å². The van der Waals surface area contributed by atoms with Gasteiger partial charge in [0.1, 0.15) is 0 Å².